The molecule has 0 aliphatic rings. The van der Waals surface area contributed by atoms with Gasteiger partial charge in [-0.15, -0.1) is 0 Å². The highest BCUT2D eigenvalue weighted by Crippen LogP contribution is 2.36. The van der Waals surface area contributed by atoms with E-state index in [1.807, 2.05) is 18.7 Å². The lowest BCUT2D eigenvalue weighted by Crippen LogP contribution is -2.33. The number of hydrogen-bond donors (Lipinski definition) is 1. The fraction of sp³-hybridized carbons (Fsp3) is 0.382. The van der Waals surface area contributed by atoms with Crippen LogP contribution in [0.15, 0.2) is 117 Å². The fourth-order valence-corrected chi connectivity index (χ4v) is 6.02. The van der Waals surface area contributed by atoms with Gasteiger partial charge in [-0.3, -0.25) is 0 Å². The van der Waals surface area contributed by atoms with E-state index in [1.165, 1.54) is 11.1 Å². The zero-order valence-electron chi connectivity index (χ0n) is 24.4. The Balaban J connectivity index is 1.42. The largest absolute Gasteiger partial charge is 0.392 e. The highest BCUT2D eigenvalue weighted by atomic mass is 16.3. The summed E-state index contributed by atoms with van der Waals surface area (Å²) in [5.74, 6) is 0.483. The Morgan fingerprint density at radius 3 is 2.17 bits per heavy atom. The quantitative estimate of drug-likeness (QED) is 0.174. The topological polar surface area (TPSA) is 55.7 Å². The Morgan fingerprint density at radius 2 is 1.46 bits per heavy atom. The van der Waals surface area contributed by atoms with E-state index in [4.69, 9.17) is 0 Å². The maximum absolute atomic E-state index is 9.39. The van der Waals surface area contributed by atoms with E-state index in [0.717, 1.165) is 32.2 Å². The summed E-state index contributed by atoms with van der Waals surface area (Å²) in [6.45, 7) is 6.20. The summed E-state index contributed by atoms with van der Waals surface area (Å²) in [5, 5.41) is 9.39. The van der Waals surface area contributed by atoms with Crippen molar-refractivity contribution >= 4 is 0 Å². The van der Waals surface area contributed by atoms with Crippen LogP contribution in [0.2, 0.25) is 0 Å². The number of hydrogen-bond acceptors (Lipinski definition) is 2. The number of aliphatic hydroxyl groups excluding tert-OH is 1. The molecule has 7 heteroatoms. The minimum Gasteiger partial charge on any atom is -0.392 e. The molecule has 1 N–H and O–H groups in total. The van der Waals surface area contributed by atoms with Crippen molar-refractivity contribution in [1.82, 2.24) is 18.7 Å². The van der Waals surface area contributed by atoms with Crippen LogP contribution in [0.3, 0.4) is 0 Å². The third kappa shape index (κ3) is 7.61. The monoisotopic (exact) mass is 552 g/mol. The standard InChI is InChI=1S/C34H44N6O/c1-3-31(32-12-8-5-9-13-32)23-34(38-15-14-35-26-38)24-33(22-29(2)39-18-16-36(27-39)20-21-41)40-19-17-37(28-40)25-30-10-6-4-7-11-30/h4-19,26-29,31,33-34,41H,3,20-25H2,1-2H3/q+2. The lowest BCUT2D eigenvalue weighted by molar-refractivity contribution is -0.697. The van der Waals surface area contributed by atoms with Crippen LogP contribution in [-0.4, -0.2) is 30.4 Å². The van der Waals surface area contributed by atoms with Crippen LogP contribution in [0.4, 0.5) is 0 Å². The fourth-order valence-electron chi connectivity index (χ4n) is 6.02. The highest BCUT2D eigenvalue weighted by molar-refractivity contribution is 5.19. The van der Waals surface area contributed by atoms with E-state index in [2.05, 4.69) is 140 Å². The molecule has 0 amide bonds. The maximum atomic E-state index is 9.39. The van der Waals surface area contributed by atoms with Crippen molar-refractivity contribution in [2.24, 2.45) is 0 Å². The molecule has 4 unspecified atom stereocenters. The van der Waals surface area contributed by atoms with Gasteiger partial charge in [0.25, 0.3) is 0 Å². The predicted molar refractivity (Wildman–Crippen MR) is 160 cm³/mol. The van der Waals surface area contributed by atoms with Gasteiger partial charge in [-0.1, -0.05) is 67.6 Å². The Hall–Kier alpha value is -3.97. The first kappa shape index (κ1) is 28.6. The number of imidazole rings is 3. The van der Waals surface area contributed by atoms with Crippen molar-refractivity contribution in [3.8, 4) is 0 Å². The van der Waals surface area contributed by atoms with Gasteiger partial charge >= 0.3 is 0 Å². The van der Waals surface area contributed by atoms with E-state index in [1.54, 1.807) is 0 Å². The average Bonchev–Trinajstić information content (AvgIpc) is 3.79. The van der Waals surface area contributed by atoms with E-state index in [9.17, 15) is 5.11 Å². The highest BCUT2D eigenvalue weighted by Gasteiger charge is 2.29. The normalized spacial score (nSPS) is 14.5. The zero-order chi connectivity index (χ0) is 28.4. The predicted octanol–water partition coefficient (Wildman–Crippen LogP) is 5.51. The number of nitrogens with zero attached hydrogens (tertiary/aromatic N) is 6. The molecule has 214 valence electrons. The third-order valence-corrected chi connectivity index (χ3v) is 8.34. The molecule has 41 heavy (non-hydrogen) atoms. The Morgan fingerprint density at radius 1 is 0.780 bits per heavy atom. The van der Waals surface area contributed by atoms with E-state index in [-0.39, 0.29) is 12.6 Å². The van der Waals surface area contributed by atoms with Gasteiger partial charge in [0.05, 0.1) is 12.9 Å². The molecule has 0 spiro atoms. The van der Waals surface area contributed by atoms with Crippen LogP contribution in [0.1, 0.15) is 74.7 Å². The average molecular weight is 553 g/mol. The van der Waals surface area contributed by atoms with Gasteiger partial charge in [0.1, 0.15) is 50.0 Å². The first-order chi connectivity index (χ1) is 20.1. The van der Waals surface area contributed by atoms with Crippen molar-refractivity contribution in [3.63, 3.8) is 0 Å². The van der Waals surface area contributed by atoms with Gasteiger partial charge in [-0.25, -0.2) is 23.3 Å². The van der Waals surface area contributed by atoms with Gasteiger partial charge in [0.2, 0.25) is 12.7 Å². The summed E-state index contributed by atoms with van der Waals surface area (Å²) in [5.41, 5.74) is 2.71. The van der Waals surface area contributed by atoms with Crippen molar-refractivity contribution in [2.45, 2.75) is 76.7 Å². The van der Waals surface area contributed by atoms with Crippen LogP contribution in [0.25, 0.3) is 0 Å². The molecule has 0 aliphatic carbocycles. The minimum atomic E-state index is 0.142. The molecule has 0 fully saturated rings. The van der Waals surface area contributed by atoms with Crippen molar-refractivity contribution < 1.29 is 14.2 Å². The molecule has 5 aromatic rings. The summed E-state index contributed by atoms with van der Waals surface area (Å²) >= 11 is 0. The van der Waals surface area contributed by atoms with Crippen LogP contribution in [0, 0.1) is 0 Å². The van der Waals surface area contributed by atoms with Crippen LogP contribution < -0.4 is 9.13 Å². The first-order valence-electron chi connectivity index (χ1n) is 14.9. The first-order valence-corrected chi connectivity index (χ1v) is 14.9. The molecule has 7 nitrogen and oxygen atoms in total. The Kier molecular flexibility index (Phi) is 9.81. The summed E-state index contributed by atoms with van der Waals surface area (Å²) in [6.07, 6.45) is 23.1. The number of aromatic nitrogens is 6. The number of rotatable bonds is 15. The van der Waals surface area contributed by atoms with Crippen molar-refractivity contribution in [1.29, 1.82) is 0 Å². The van der Waals surface area contributed by atoms with Crippen LogP contribution >= 0.6 is 0 Å². The van der Waals surface area contributed by atoms with E-state index in [0.29, 0.717) is 24.5 Å². The van der Waals surface area contributed by atoms with Crippen molar-refractivity contribution in [3.05, 3.63) is 128 Å². The molecular weight excluding hydrogens is 508 g/mol. The molecule has 0 bridgehead atoms. The summed E-state index contributed by atoms with van der Waals surface area (Å²) in [6, 6.07) is 22.5. The summed E-state index contributed by atoms with van der Waals surface area (Å²) < 4.78 is 11.3. The molecule has 0 radical (unpaired) electrons. The Bertz CT molecular complexity index is 1430. The maximum Gasteiger partial charge on any atom is 0.244 e. The number of aliphatic hydroxyl groups is 1. The molecule has 0 aliphatic heterocycles. The number of benzene rings is 2. The second-order valence-electron chi connectivity index (χ2n) is 11.2. The van der Waals surface area contributed by atoms with Crippen LogP contribution in [0.5, 0.6) is 0 Å². The Labute approximate surface area is 244 Å². The molecule has 0 saturated heterocycles. The zero-order valence-corrected chi connectivity index (χ0v) is 24.4. The SMILES string of the molecule is CCC(CC(CC(CC(C)n1cc[n+](CCO)c1)n1cc[n+](Cc2ccccc2)c1)n1ccnc1)c1ccccc1. The van der Waals surface area contributed by atoms with Gasteiger partial charge in [0.15, 0.2) is 0 Å². The van der Waals surface area contributed by atoms with Gasteiger partial charge in [0, 0.05) is 31.3 Å². The molecule has 0 saturated carbocycles. The van der Waals surface area contributed by atoms with E-state index < -0.39 is 0 Å². The smallest absolute Gasteiger partial charge is 0.244 e. The minimum absolute atomic E-state index is 0.142. The second-order valence-corrected chi connectivity index (χ2v) is 11.2. The molecule has 4 atom stereocenters. The van der Waals surface area contributed by atoms with E-state index >= 15 is 0 Å². The molecular formula is C34H44N6O+2. The molecule has 3 aromatic heterocycles. The summed E-state index contributed by atoms with van der Waals surface area (Å²) in [4.78, 5) is 4.43. The van der Waals surface area contributed by atoms with Crippen LogP contribution in [-0.2, 0) is 13.1 Å². The van der Waals surface area contributed by atoms with Gasteiger partial charge in [-0.2, -0.15) is 0 Å². The summed E-state index contributed by atoms with van der Waals surface area (Å²) in [7, 11) is 0. The van der Waals surface area contributed by atoms with Gasteiger partial charge in [-0.05, 0) is 36.8 Å². The molecule has 5 rings (SSSR count). The lowest BCUT2D eigenvalue weighted by atomic mass is 9.87. The molecule has 2 aromatic carbocycles. The third-order valence-electron chi connectivity index (χ3n) is 8.34. The van der Waals surface area contributed by atoms with Crippen molar-refractivity contribution in [2.75, 3.05) is 6.61 Å². The van der Waals surface area contributed by atoms with Gasteiger partial charge < -0.3 is 9.67 Å². The lowest BCUT2D eigenvalue weighted by Gasteiger charge is -2.27. The molecule has 3 heterocycles. The second kappa shape index (κ2) is 14.1.